The monoisotopic (exact) mass is 356 g/mol. The minimum Gasteiger partial charge on any atom is -0.493 e. The number of hydrogen-bond donors (Lipinski definition) is 0. The summed E-state index contributed by atoms with van der Waals surface area (Å²) in [5, 5.41) is 0. The number of benzene rings is 1. The van der Waals surface area contributed by atoms with Crippen molar-refractivity contribution in [1.29, 1.82) is 0 Å². The van der Waals surface area contributed by atoms with Crippen LogP contribution in [0.4, 0.5) is 8.78 Å². The predicted molar refractivity (Wildman–Crippen MR) is 66.2 cm³/mol. The van der Waals surface area contributed by atoms with E-state index in [4.69, 9.17) is 4.74 Å². The molecule has 0 aliphatic heterocycles. The van der Waals surface area contributed by atoms with Gasteiger partial charge in [0.05, 0.1) is 16.8 Å². The van der Waals surface area contributed by atoms with E-state index in [0.29, 0.717) is 6.61 Å². The standard InChI is InChI=1S/C11H11F2IO3/c1-3-16-7-5-6(11(15)17-4-2)8(12)9(13)10(7)14/h5H,3-4H2,1-2H3. The molecule has 1 rings (SSSR count). The first-order chi connectivity index (χ1) is 8.02. The minimum absolute atomic E-state index is 0.00926. The summed E-state index contributed by atoms with van der Waals surface area (Å²) in [6.45, 7) is 3.68. The van der Waals surface area contributed by atoms with Gasteiger partial charge in [0.2, 0.25) is 0 Å². The lowest BCUT2D eigenvalue weighted by Crippen LogP contribution is -2.11. The number of halogens is 3. The number of carbonyl (C=O) groups is 1. The van der Waals surface area contributed by atoms with Crippen molar-refractivity contribution in [3.63, 3.8) is 0 Å². The van der Waals surface area contributed by atoms with Crippen LogP contribution in [0.5, 0.6) is 5.75 Å². The fourth-order valence-electron chi connectivity index (χ4n) is 1.20. The molecule has 0 radical (unpaired) electrons. The highest BCUT2D eigenvalue weighted by Crippen LogP contribution is 2.28. The van der Waals surface area contributed by atoms with Crippen molar-refractivity contribution in [3.05, 3.63) is 26.8 Å². The van der Waals surface area contributed by atoms with E-state index in [1.165, 1.54) is 0 Å². The molecule has 0 fully saturated rings. The van der Waals surface area contributed by atoms with Gasteiger partial charge in [0.1, 0.15) is 11.3 Å². The van der Waals surface area contributed by atoms with Crippen LogP contribution < -0.4 is 4.74 Å². The Hall–Kier alpha value is -0.920. The lowest BCUT2D eigenvalue weighted by Gasteiger charge is -2.10. The summed E-state index contributed by atoms with van der Waals surface area (Å²) in [5.41, 5.74) is -0.451. The first-order valence-corrected chi connectivity index (χ1v) is 6.08. The Balaban J connectivity index is 3.26. The molecule has 17 heavy (non-hydrogen) atoms. The van der Waals surface area contributed by atoms with Gasteiger partial charge in [0, 0.05) is 0 Å². The number of hydrogen-bond acceptors (Lipinski definition) is 3. The number of rotatable bonds is 4. The molecule has 0 N–H and O–H groups in total. The van der Waals surface area contributed by atoms with Crippen molar-refractivity contribution >= 4 is 28.6 Å². The molecule has 0 aromatic heterocycles. The Morgan fingerprint density at radius 2 is 1.94 bits per heavy atom. The van der Waals surface area contributed by atoms with Gasteiger partial charge in [-0.2, -0.15) is 0 Å². The van der Waals surface area contributed by atoms with Crippen LogP contribution in [-0.2, 0) is 4.74 Å². The van der Waals surface area contributed by atoms with E-state index in [1.54, 1.807) is 36.4 Å². The van der Waals surface area contributed by atoms with E-state index < -0.39 is 23.2 Å². The second-order valence-corrected chi connectivity index (χ2v) is 4.10. The van der Waals surface area contributed by atoms with Crippen molar-refractivity contribution in [2.75, 3.05) is 13.2 Å². The van der Waals surface area contributed by atoms with Crippen LogP contribution >= 0.6 is 22.6 Å². The SMILES string of the molecule is CCOC(=O)c1cc(OCC)c(I)c(F)c1F. The summed E-state index contributed by atoms with van der Waals surface area (Å²) in [5.74, 6) is -3.08. The Morgan fingerprint density at radius 3 is 2.47 bits per heavy atom. The van der Waals surface area contributed by atoms with E-state index >= 15 is 0 Å². The normalized spacial score (nSPS) is 10.2. The van der Waals surface area contributed by atoms with Crippen LogP contribution in [0.1, 0.15) is 24.2 Å². The van der Waals surface area contributed by atoms with E-state index in [1.807, 2.05) is 0 Å². The van der Waals surface area contributed by atoms with Gasteiger partial charge < -0.3 is 9.47 Å². The zero-order chi connectivity index (χ0) is 13.0. The third-order valence-electron chi connectivity index (χ3n) is 1.91. The predicted octanol–water partition coefficient (Wildman–Crippen LogP) is 3.14. The second-order valence-electron chi connectivity index (χ2n) is 3.02. The molecule has 1 aromatic carbocycles. The highest BCUT2D eigenvalue weighted by Gasteiger charge is 2.22. The fourth-order valence-corrected chi connectivity index (χ4v) is 1.75. The molecule has 0 atom stereocenters. The Kier molecular flexibility index (Phi) is 5.10. The minimum atomic E-state index is -1.21. The van der Waals surface area contributed by atoms with Crippen molar-refractivity contribution in [2.45, 2.75) is 13.8 Å². The molecular weight excluding hydrogens is 345 g/mol. The average molecular weight is 356 g/mol. The lowest BCUT2D eigenvalue weighted by atomic mass is 10.2. The largest absolute Gasteiger partial charge is 0.493 e. The van der Waals surface area contributed by atoms with Gasteiger partial charge in [-0.3, -0.25) is 0 Å². The Bertz CT molecular complexity index is 435. The molecule has 0 aliphatic carbocycles. The molecule has 0 bridgehead atoms. The molecule has 94 valence electrons. The van der Waals surface area contributed by atoms with Gasteiger partial charge in [-0.05, 0) is 42.5 Å². The van der Waals surface area contributed by atoms with E-state index in [9.17, 15) is 13.6 Å². The van der Waals surface area contributed by atoms with Crippen molar-refractivity contribution in [2.24, 2.45) is 0 Å². The Labute approximate surface area is 111 Å². The van der Waals surface area contributed by atoms with Gasteiger partial charge in [0.25, 0.3) is 0 Å². The van der Waals surface area contributed by atoms with Gasteiger partial charge in [-0.25, -0.2) is 13.6 Å². The number of ether oxygens (including phenoxy) is 2. The summed E-state index contributed by atoms with van der Waals surface area (Å²) in [6, 6.07) is 1.15. The summed E-state index contributed by atoms with van der Waals surface area (Å²) < 4.78 is 36.8. The van der Waals surface area contributed by atoms with Crippen LogP contribution in [0.15, 0.2) is 6.07 Å². The highest BCUT2D eigenvalue weighted by atomic mass is 127. The molecule has 0 saturated heterocycles. The average Bonchev–Trinajstić information content (AvgIpc) is 2.30. The fraction of sp³-hybridized carbons (Fsp3) is 0.364. The van der Waals surface area contributed by atoms with Crippen LogP contribution in [0, 0.1) is 15.2 Å². The maximum atomic E-state index is 13.5. The molecule has 3 nitrogen and oxygen atoms in total. The third-order valence-corrected chi connectivity index (χ3v) is 2.91. The van der Waals surface area contributed by atoms with Crippen LogP contribution in [0.2, 0.25) is 0 Å². The Morgan fingerprint density at radius 1 is 1.29 bits per heavy atom. The smallest absolute Gasteiger partial charge is 0.341 e. The van der Waals surface area contributed by atoms with Gasteiger partial charge in [0.15, 0.2) is 11.6 Å². The maximum Gasteiger partial charge on any atom is 0.341 e. The molecule has 0 unspecified atom stereocenters. The van der Waals surface area contributed by atoms with Gasteiger partial charge in [-0.15, -0.1) is 0 Å². The summed E-state index contributed by atoms with van der Waals surface area (Å²) in [7, 11) is 0. The summed E-state index contributed by atoms with van der Waals surface area (Å²) in [6.07, 6.45) is 0. The van der Waals surface area contributed by atoms with Crippen LogP contribution in [0.3, 0.4) is 0 Å². The zero-order valence-corrected chi connectivity index (χ0v) is 11.5. The van der Waals surface area contributed by atoms with E-state index in [2.05, 4.69) is 4.74 Å². The summed E-state index contributed by atoms with van der Waals surface area (Å²) in [4.78, 5) is 11.4. The van der Waals surface area contributed by atoms with Crippen molar-refractivity contribution in [1.82, 2.24) is 0 Å². The van der Waals surface area contributed by atoms with Crippen molar-refractivity contribution in [3.8, 4) is 5.75 Å². The third kappa shape index (κ3) is 3.05. The molecule has 0 aliphatic rings. The van der Waals surface area contributed by atoms with Crippen LogP contribution in [-0.4, -0.2) is 19.2 Å². The molecule has 0 heterocycles. The summed E-state index contributed by atoms with van der Waals surface area (Å²) >= 11 is 1.62. The van der Waals surface area contributed by atoms with Crippen LogP contribution in [0.25, 0.3) is 0 Å². The molecule has 1 aromatic rings. The van der Waals surface area contributed by atoms with Crippen molar-refractivity contribution < 1.29 is 23.0 Å². The quantitative estimate of drug-likeness (QED) is 0.472. The van der Waals surface area contributed by atoms with Gasteiger partial charge >= 0.3 is 5.97 Å². The maximum absolute atomic E-state index is 13.5. The highest BCUT2D eigenvalue weighted by molar-refractivity contribution is 14.1. The molecule has 0 amide bonds. The van der Waals surface area contributed by atoms with E-state index in [0.717, 1.165) is 6.07 Å². The lowest BCUT2D eigenvalue weighted by molar-refractivity contribution is 0.0519. The zero-order valence-electron chi connectivity index (χ0n) is 9.35. The van der Waals surface area contributed by atoms with Gasteiger partial charge in [-0.1, -0.05) is 0 Å². The molecule has 0 spiro atoms. The number of esters is 1. The topological polar surface area (TPSA) is 35.5 Å². The first-order valence-electron chi connectivity index (χ1n) is 5.00. The molecule has 0 saturated carbocycles. The second kappa shape index (κ2) is 6.13. The molecule has 6 heteroatoms. The van der Waals surface area contributed by atoms with E-state index in [-0.39, 0.29) is 15.9 Å². The first kappa shape index (κ1) is 14.1. The molecular formula is C11H11F2IO3. The number of carbonyl (C=O) groups excluding carboxylic acids is 1.